The minimum Gasteiger partial charge on any atom is -1.00 e. The molecule has 0 rings (SSSR count). The molecule has 0 aliphatic carbocycles. The summed E-state index contributed by atoms with van der Waals surface area (Å²) >= 11 is 0. The summed E-state index contributed by atoms with van der Waals surface area (Å²) in [5.74, 6) is -11.2. The summed E-state index contributed by atoms with van der Waals surface area (Å²) in [4.78, 5) is 65.5. The van der Waals surface area contributed by atoms with Gasteiger partial charge in [0, 0.05) is 0 Å². The summed E-state index contributed by atoms with van der Waals surface area (Å²) < 4.78 is 3.99. The topological polar surface area (TPSA) is 296 Å². The van der Waals surface area contributed by atoms with E-state index >= 15 is 0 Å². The zero-order valence-electron chi connectivity index (χ0n) is 25.8. The van der Waals surface area contributed by atoms with E-state index in [1.807, 2.05) is 0 Å². The van der Waals surface area contributed by atoms with Gasteiger partial charge < -0.3 is 54.9 Å². The number of carboxylic acid groups (broad SMARTS) is 4. The fourth-order valence-corrected chi connectivity index (χ4v) is 1.60. The van der Waals surface area contributed by atoms with Crippen molar-refractivity contribution in [3.63, 3.8) is 0 Å². The Balaban J connectivity index is -0.0000000274. The molecule has 0 aromatic heterocycles. The number of hydrogen-bond donors (Lipinski definition) is 6. The zero-order valence-corrected chi connectivity index (χ0v) is 32.6. The van der Waals surface area contributed by atoms with Gasteiger partial charge in [-0.3, -0.25) is 19.2 Å². The molecule has 0 spiro atoms. The van der Waals surface area contributed by atoms with Crippen LogP contribution in [0.3, 0.4) is 0 Å². The maximum Gasteiger partial charge on any atom is 1.00 e. The predicted octanol–water partition coefficient (Wildman–Crippen LogP) is -21.1. The first-order valence-electron chi connectivity index (χ1n) is 6.30. The number of halogens is 1. The molecule has 0 aliphatic heterocycles. The molecule has 0 bridgehead atoms. The first-order chi connectivity index (χ1) is 11.2. The summed E-state index contributed by atoms with van der Waals surface area (Å²) in [5.41, 5.74) is -6.18. The van der Waals surface area contributed by atoms with Crippen LogP contribution in [0.2, 0.25) is 0 Å². The molecule has 0 heterocycles. The second kappa shape index (κ2) is 30.7. The Bertz CT molecular complexity index is 611. The van der Waals surface area contributed by atoms with E-state index in [9.17, 15) is 39.0 Å². The summed E-state index contributed by atoms with van der Waals surface area (Å²) in [6.07, 6.45) is -5.73. The Hall–Kier alpha value is 3.15. The van der Waals surface area contributed by atoms with Crippen LogP contribution in [0.15, 0.2) is 0 Å². The molecule has 0 saturated carbocycles. The van der Waals surface area contributed by atoms with E-state index in [0.29, 0.717) is 0 Å². The van der Waals surface area contributed by atoms with Gasteiger partial charge in [0.2, 0.25) is 0 Å². The van der Waals surface area contributed by atoms with Crippen molar-refractivity contribution in [1.82, 2.24) is 0 Å². The van der Waals surface area contributed by atoms with Crippen molar-refractivity contribution in [1.29, 1.82) is 0 Å². The van der Waals surface area contributed by atoms with Crippen molar-refractivity contribution < 1.29 is 261 Å². The third-order valence-electron chi connectivity index (χ3n) is 2.78. The van der Waals surface area contributed by atoms with E-state index in [2.05, 4.69) is 4.74 Å². The van der Waals surface area contributed by atoms with Gasteiger partial charge in [-0.25, -0.2) is 9.59 Å². The SMILES string of the molecule is Cl.O.O.O=C(O)CC(O)(CC(=O)OC(=O)CC(O)(CC(=O)O)C(=O)O)C(=O)O.[H-].[H-].[H-].[H-].[H-].[H-].[Na+].[Na+].[Na+].[Na+].[Na+].[Na+]. The second-order valence-electron chi connectivity index (χ2n) is 5.01. The molecule has 0 amide bonds. The number of aliphatic hydroxyl groups is 2. The maximum absolute atomic E-state index is 11.4. The number of carbonyl (C=O) groups is 6. The maximum atomic E-state index is 11.4. The number of esters is 2. The Labute approximate surface area is 340 Å². The van der Waals surface area contributed by atoms with Crippen LogP contribution in [0.25, 0.3) is 0 Å². The standard InChI is InChI=1S/C12H14O13.ClH.6Na.2H2O.6H/c13-5(14)1-11(23,9(19)20)3-7(17)25-8(18)4-12(24,10(21)22)2-6(15)16;;;;;;;;;;;;;;;/h23-24H,1-4H2,(H,13,14)(H,15,16)(H,19,20)(H,21,22);1H;;;;;;;2*1H2;;;;;;/q;;6*+1;;;6*-1. The first-order valence-corrected chi connectivity index (χ1v) is 6.30. The van der Waals surface area contributed by atoms with E-state index in [1.165, 1.54) is 0 Å². The Morgan fingerprint density at radius 3 is 0.912 bits per heavy atom. The number of rotatable bonds is 10. The van der Waals surface area contributed by atoms with Gasteiger partial charge in [-0.15, -0.1) is 12.4 Å². The van der Waals surface area contributed by atoms with Crippen LogP contribution in [0.5, 0.6) is 0 Å². The molecule has 0 fully saturated rings. The van der Waals surface area contributed by atoms with Crippen LogP contribution in [0.4, 0.5) is 0 Å². The summed E-state index contributed by atoms with van der Waals surface area (Å²) in [6, 6.07) is 0. The normalized spacial score (nSPS) is 11.2. The van der Waals surface area contributed by atoms with Gasteiger partial charge >= 0.3 is 213 Å². The zero-order chi connectivity index (χ0) is 20.0. The molecule has 15 nitrogen and oxygen atoms in total. The van der Waals surface area contributed by atoms with Gasteiger partial charge in [0.15, 0.2) is 11.2 Å². The molecule has 34 heavy (non-hydrogen) atoms. The molecule has 2 unspecified atom stereocenters. The monoisotopic (exact) mass is 582 g/mol. The molecular formula is C12H25ClNa6O15. The van der Waals surface area contributed by atoms with Crippen molar-refractivity contribution in [2.24, 2.45) is 0 Å². The molecule has 10 N–H and O–H groups in total. The Morgan fingerprint density at radius 2 is 0.765 bits per heavy atom. The van der Waals surface area contributed by atoms with Crippen molar-refractivity contribution in [3.8, 4) is 0 Å². The average Bonchev–Trinajstić information content (AvgIpc) is 2.34. The molecule has 176 valence electrons. The van der Waals surface area contributed by atoms with Gasteiger partial charge in [-0.05, 0) is 0 Å². The Morgan fingerprint density at radius 1 is 0.559 bits per heavy atom. The number of hydrogen-bond acceptors (Lipinski definition) is 9. The minimum absolute atomic E-state index is 0. The average molecular weight is 583 g/mol. The van der Waals surface area contributed by atoms with E-state index in [0.717, 1.165) is 0 Å². The van der Waals surface area contributed by atoms with Crippen LogP contribution in [0, 0.1) is 0 Å². The molecule has 2 atom stereocenters. The molecule has 0 radical (unpaired) electrons. The fourth-order valence-electron chi connectivity index (χ4n) is 1.60. The number of aliphatic carboxylic acids is 4. The number of carboxylic acids is 4. The van der Waals surface area contributed by atoms with Gasteiger partial charge in [0.25, 0.3) is 0 Å². The molecule has 0 aromatic rings. The molecule has 0 aromatic carbocycles. The smallest absolute Gasteiger partial charge is 1.00 e. The van der Waals surface area contributed by atoms with Crippen LogP contribution < -0.4 is 177 Å². The quantitative estimate of drug-likeness (QED) is 0.0793. The van der Waals surface area contributed by atoms with E-state index in [4.69, 9.17) is 20.4 Å². The molecule has 0 aliphatic rings. The van der Waals surface area contributed by atoms with Crippen LogP contribution in [-0.4, -0.2) is 88.6 Å². The number of carbonyl (C=O) groups excluding carboxylic acids is 2. The van der Waals surface area contributed by atoms with Gasteiger partial charge in [-0.2, -0.15) is 0 Å². The van der Waals surface area contributed by atoms with Crippen molar-refractivity contribution in [3.05, 3.63) is 0 Å². The summed E-state index contributed by atoms with van der Waals surface area (Å²) in [6.45, 7) is 0. The minimum atomic E-state index is -3.09. The second-order valence-corrected chi connectivity index (χ2v) is 5.01. The van der Waals surface area contributed by atoms with Crippen LogP contribution in [-0.2, 0) is 33.5 Å². The molecule has 0 saturated heterocycles. The van der Waals surface area contributed by atoms with Gasteiger partial charge in [0.05, 0.1) is 25.7 Å². The third-order valence-corrected chi connectivity index (χ3v) is 2.78. The molecule has 22 heteroatoms. The van der Waals surface area contributed by atoms with E-state index in [-0.39, 0.29) is 209 Å². The predicted molar refractivity (Wildman–Crippen MR) is 91.2 cm³/mol. The van der Waals surface area contributed by atoms with Gasteiger partial charge in [0.1, 0.15) is 0 Å². The van der Waals surface area contributed by atoms with Crippen molar-refractivity contribution >= 4 is 48.2 Å². The number of ether oxygens (including phenoxy) is 1. The first kappa shape index (κ1) is 65.9. The van der Waals surface area contributed by atoms with Crippen molar-refractivity contribution in [2.45, 2.75) is 36.9 Å². The van der Waals surface area contributed by atoms with Crippen LogP contribution >= 0.6 is 12.4 Å². The third kappa shape index (κ3) is 26.7. The van der Waals surface area contributed by atoms with Crippen LogP contribution in [0.1, 0.15) is 34.2 Å². The van der Waals surface area contributed by atoms with Crippen molar-refractivity contribution in [2.75, 3.05) is 0 Å². The van der Waals surface area contributed by atoms with Gasteiger partial charge in [-0.1, -0.05) is 0 Å². The van der Waals surface area contributed by atoms with E-state index < -0.39 is 72.7 Å². The summed E-state index contributed by atoms with van der Waals surface area (Å²) in [7, 11) is 0. The summed E-state index contributed by atoms with van der Waals surface area (Å²) in [5, 5.41) is 53.6. The molecular weight excluding hydrogens is 558 g/mol. The largest absolute Gasteiger partial charge is 1.00 e. The fraction of sp³-hybridized carbons (Fsp3) is 0.500. The Kier molecular flexibility index (Phi) is 59.4. The van der Waals surface area contributed by atoms with E-state index in [1.54, 1.807) is 0 Å².